The molecule has 170 valence electrons. The second kappa shape index (κ2) is 8.57. The fourth-order valence-electron chi connectivity index (χ4n) is 3.07. The zero-order chi connectivity index (χ0) is 23.7. The highest BCUT2D eigenvalue weighted by atomic mass is 19.4. The van der Waals surface area contributed by atoms with E-state index in [2.05, 4.69) is 0 Å². The van der Waals surface area contributed by atoms with Crippen molar-refractivity contribution in [3.8, 4) is 22.6 Å². The van der Waals surface area contributed by atoms with Crippen molar-refractivity contribution in [1.29, 1.82) is 0 Å². The lowest BCUT2D eigenvalue weighted by Gasteiger charge is -2.19. The van der Waals surface area contributed by atoms with Gasteiger partial charge in [-0.3, -0.25) is 4.79 Å². The number of carbonyl (C=O) groups is 1. The van der Waals surface area contributed by atoms with Gasteiger partial charge < -0.3 is 18.6 Å². The van der Waals surface area contributed by atoms with Crippen molar-refractivity contribution in [3.63, 3.8) is 0 Å². The van der Waals surface area contributed by atoms with Crippen molar-refractivity contribution in [2.75, 3.05) is 13.7 Å². The molecule has 9 heteroatoms. The number of esters is 1. The van der Waals surface area contributed by atoms with E-state index in [1.807, 2.05) is 0 Å². The first-order valence-electron chi connectivity index (χ1n) is 9.57. The van der Waals surface area contributed by atoms with Gasteiger partial charge in [-0.15, -0.1) is 0 Å². The summed E-state index contributed by atoms with van der Waals surface area (Å²) in [5.74, 6) is -1.96. The van der Waals surface area contributed by atoms with E-state index in [1.165, 1.54) is 37.4 Å². The summed E-state index contributed by atoms with van der Waals surface area (Å²) >= 11 is 0. The average Bonchev–Trinajstić information content (AvgIpc) is 2.70. The maximum Gasteiger partial charge on any atom is 0.450 e. The number of fused-ring (bicyclic) bond motifs is 1. The van der Waals surface area contributed by atoms with Crippen molar-refractivity contribution < 1.29 is 36.6 Å². The Morgan fingerprint density at radius 2 is 1.75 bits per heavy atom. The van der Waals surface area contributed by atoms with Crippen LogP contribution < -0.4 is 14.9 Å². The Balaban J connectivity index is 2.08. The lowest BCUT2D eigenvalue weighted by molar-refractivity contribution is -0.157. The van der Waals surface area contributed by atoms with Crippen molar-refractivity contribution in [2.45, 2.75) is 32.5 Å². The monoisotopic (exact) mass is 450 g/mol. The van der Waals surface area contributed by atoms with Gasteiger partial charge in [0, 0.05) is 11.6 Å². The number of methoxy groups -OCH3 is 1. The maximum atomic E-state index is 13.8. The van der Waals surface area contributed by atoms with Crippen LogP contribution >= 0.6 is 0 Å². The normalized spacial score (nSPS) is 12.0. The molecule has 32 heavy (non-hydrogen) atoms. The van der Waals surface area contributed by atoms with Crippen molar-refractivity contribution in [2.24, 2.45) is 0 Å². The first-order chi connectivity index (χ1) is 14.9. The van der Waals surface area contributed by atoms with Crippen LogP contribution in [0.5, 0.6) is 11.5 Å². The second-order valence-electron chi connectivity index (χ2n) is 7.87. The SMILES string of the molecule is COc1ccccc1-c1c(C(F)(F)F)oc2cc(OCC(=O)OC(C)(C)C)ccc2c1=O. The molecule has 0 unspecified atom stereocenters. The van der Waals surface area contributed by atoms with Crippen molar-refractivity contribution in [3.05, 3.63) is 58.4 Å². The van der Waals surface area contributed by atoms with Gasteiger partial charge in [0.1, 0.15) is 22.7 Å². The minimum absolute atomic E-state index is 0.0387. The Bertz CT molecular complexity index is 1210. The highest BCUT2D eigenvalue weighted by Gasteiger charge is 2.40. The van der Waals surface area contributed by atoms with Crippen LogP contribution in [-0.4, -0.2) is 25.3 Å². The molecule has 0 N–H and O–H groups in total. The Hall–Kier alpha value is -3.49. The zero-order valence-corrected chi connectivity index (χ0v) is 17.8. The van der Waals surface area contributed by atoms with E-state index < -0.39 is 41.1 Å². The first-order valence-corrected chi connectivity index (χ1v) is 9.57. The number of rotatable bonds is 5. The van der Waals surface area contributed by atoms with Crippen molar-refractivity contribution in [1.82, 2.24) is 0 Å². The predicted octanol–water partition coefficient (Wildman–Crippen LogP) is 5.21. The molecule has 1 heterocycles. The number of para-hydroxylation sites is 1. The Labute approximate surface area is 181 Å². The molecule has 0 aliphatic rings. The summed E-state index contributed by atoms with van der Waals surface area (Å²) in [6.45, 7) is 4.60. The topological polar surface area (TPSA) is 75.0 Å². The molecule has 0 aliphatic heterocycles. The van der Waals surface area contributed by atoms with Gasteiger partial charge in [0.05, 0.1) is 18.1 Å². The summed E-state index contributed by atoms with van der Waals surface area (Å²) < 4.78 is 62.2. The molecule has 1 aromatic heterocycles. The molecule has 2 aromatic carbocycles. The molecule has 3 rings (SSSR count). The van der Waals surface area contributed by atoms with Crippen LogP contribution in [0.25, 0.3) is 22.1 Å². The van der Waals surface area contributed by atoms with Gasteiger partial charge in [-0.2, -0.15) is 13.2 Å². The van der Waals surface area contributed by atoms with Crippen LogP contribution in [0.4, 0.5) is 13.2 Å². The van der Waals surface area contributed by atoms with Gasteiger partial charge in [0.25, 0.3) is 0 Å². The largest absolute Gasteiger partial charge is 0.496 e. The minimum atomic E-state index is -4.95. The van der Waals surface area contributed by atoms with Crippen LogP contribution in [0.2, 0.25) is 0 Å². The van der Waals surface area contributed by atoms with Crippen LogP contribution in [0, 0.1) is 0 Å². The highest BCUT2D eigenvalue weighted by molar-refractivity contribution is 5.85. The van der Waals surface area contributed by atoms with Gasteiger partial charge in [-0.05, 0) is 39.0 Å². The number of halogens is 3. The van der Waals surface area contributed by atoms with E-state index in [9.17, 15) is 22.8 Å². The number of hydrogen-bond donors (Lipinski definition) is 0. The van der Waals surface area contributed by atoms with E-state index in [1.54, 1.807) is 26.8 Å². The molecule has 3 aromatic rings. The predicted molar refractivity (Wildman–Crippen MR) is 111 cm³/mol. The molecule has 0 saturated heterocycles. The second-order valence-corrected chi connectivity index (χ2v) is 7.87. The van der Waals surface area contributed by atoms with E-state index in [0.29, 0.717) is 0 Å². The number of ether oxygens (including phenoxy) is 3. The first kappa shape index (κ1) is 23.2. The molecule has 0 aliphatic carbocycles. The Morgan fingerprint density at radius 1 is 1.06 bits per heavy atom. The molecule has 0 bridgehead atoms. The molecule has 0 radical (unpaired) electrons. The summed E-state index contributed by atoms with van der Waals surface area (Å²) in [5, 5.41) is -0.0801. The minimum Gasteiger partial charge on any atom is -0.496 e. The molecular weight excluding hydrogens is 429 g/mol. The third-order valence-electron chi connectivity index (χ3n) is 4.27. The Kier molecular flexibility index (Phi) is 6.20. The molecular formula is C23H21F3O6. The standard InChI is InChI=1S/C23H21F3O6/c1-22(2,3)32-18(27)12-30-13-9-10-15-17(11-13)31-21(23(24,25)26)19(20(15)28)14-7-5-6-8-16(14)29-4/h5-11H,12H2,1-4H3. The molecule has 0 amide bonds. The van der Waals surface area contributed by atoms with Gasteiger partial charge in [0.15, 0.2) is 6.61 Å². The number of benzene rings is 2. The van der Waals surface area contributed by atoms with Gasteiger partial charge in [-0.1, -0.05) is 18.2 Å². The number of hydrogen-bond acceptors (Lipinski definition) is 6. The lowest BCUT2D eigenvalue weighted by Crippen LogP contribution is -2.27. The molecule has 0 fully saturated rings. The third-order valence-corrected chi connectivity index (χ3v) is 4.27. The van der Waals surface area contributed by atoms with Gasteiger partial charge >= 0.3 is 12.1 Å². The van der Waals surface area contributed by atoms with Crippen LogP contribution in [0.3, 0.4) is 0 Å². The van der Waals surface area contributed by atoms with Crippen LogP contribution in [-0.2, 0) is 15.7 Å². The third kappa shape index (κ3) is 5.04. The zero-order valence-electron chi connectivity index (χ0n) is 17.8. The average molecular weight is 450 g/mol. The number of carbonyl (C=O) groups excluding carboxylic acids is 1. The number of alkyl halides is 3. The van der Waals surface area contributed by atoms with E-state index in [-0.39, 0.29) is 28.0 Å². The van der Waals surface area contributed by atoms with Gasteiger partial charge in [-0.25, -0.2) is 4.79 Å². The van der Waals surface area contributed by atoms with Crippen LogP contribution in [0.15, 0.2) is 51.7 Å². The summed E-state index contributed by atoms with van der Waals surface area (Å²) in [7, 11) is 1.29. The van der Waals surface area contributed by atoms with Crippen molar-refractivity contribution >= 4 is 16.9 Å². The summed E-state index contributed by atoms with van der Waals surface area (Å²) in [4.78, 5) is 24.9. The van der Waals surface area contributed by atoms with E-state index in [4.69, 9.17) is 18.6 Å². The van der Waals surface area contributed by atoms with E-state index >= 15 is 0 Å². The molecule has 0 spiro atoms. The molecule has 0 saturated carbocycles. The summed E-state index contributed by atoms with van der Waals surface area (Å²) in [6.07, 6.45) is -4.95. The fraction of sp³-hybridized carbons (Fsp3) is 0.304. The van der Waals surface area contributed by atoms with Crippen LogP contribution in [0.1, 0.15) is 26.5 Å². The Morgan fingerprint density at radius 3 is 2.38 bits per heavy atom. The molecule has 6 nitrogen and oxygen atoms in total. The smallest absolute Gasteiger partial charge is 0.450 e. The lowest BCUT2D eigenvalue weighted by atomic mass is 10.0. The fourth-order valence-corrected chi connectivity index (χ4v) is 3.07. The summed E-state index contributed by atoms with van der Waals surface area (Å²) in [6, 6.07) is 9.65. The highest BCUT2D eigenvalue weighted by Crippen LogP contribution is 2.40. The summed E-state index contributed by atoms with van der Waals surface area (Å²) in [5.41, 5.74) is -2.61. The molecule has 0 atom stereocenters. The maximum absolute atomic E-state index is 13.8. The van der Waals surface area contributed by atoms with E-state index in [0.717, 1.165) is 6.07 Å². The van der Waals surface area contributed by atoms with Gasteiger partial charge in [0.2, 0.25) is 11.2 Å². The quantitative estimate of drug-likeness (QED) is 0.497.